The monoisotopic (exact) mass is 259 g/mol. The summed E-state index contributed by atoms with van der Waals surface area (Å²) in [6.45, 7) is 7.17. The third-order valence-electron chi connectivity index (χ3n) is 1.83. The average molecular weight is 259 g/mol. The molecule has 6 nitrogen and oxygen atoms in total. The van der Waals surface area contributed by atoms with Crippen LogP contribution in [0.3, 0.4) is 0 Å². The molecule has 0 aromatic rings. The highest BCUT2D eigenvalue weighted by Gasteiger charge is 2.12. The normalized spacial score (nSPS) is 10.3. The van der Waals surface area contributed by atoms with Gasteiger partial charge in [0.25, 0.3) is 0 Å². The van der Waals surface area contributed by atoms with Crippen LogP contribution in [-0.4, -0.2) is 24.4 Å². The van der Waals surface area contributed by atoms with Crippen LogP contribution < -0.4 is 5.32 Å². The minimum atomic E-state index is -0.802. The number of hydrogen-bond acceptors (Lipinski definition) is 5. The predicted octanol–water partition coefficient (Wildman–Crippen LogP) is 1.20. The third kappa shape index (κ3) is 9.62. The summed E-state index contributed by atoms with van der Waals surface area (Å²) < 4.78 is 0. The van der Waals surface area contributed by atoms with Crippen LogP contribution in [-0.2, 0) is 24.2 Å². The Morgan fingerprint density at radius 2 is 1.39 bits per heavy atom. The standard InChI is InChI=1S/C12H21NO5/c1-8(2)5-10(14)13-7-12(16)18-17-11(15)6-9(3)4/h8-9H,5-7H2,1-4H3,(H,13,14). The Labute approximate surface area is 107 Å². The molecule has 0 atom stereocenters. The molecule has 1 amide bonds. The van der Waals surface area contributed by atoms with E-state index in [9.17, 15) is 14.4 Å². The van der Waals surface area contributed by atoms with E-state index in [0.29, 0.717) is 6.42 Å². The lowest BCUT2D eigenvalue weighted by Gasteiger charge is -2.07. The Bertz CT molecular complexity index is 271. The molecule has 0 aromatic heterocycles. The van der Waals surface area contributed by atoms with E-state index in [4.69, 9.17) is 0 Å². The molecular formula is C12H21NO5. The van der Waals surface area contributed by atoms with Crippen LogP contribution in [0.2, 0.25) is 0 Å². The smallest absolute Gasteiger partial charge is 0.345 e. The van der Waals surface area contributed by atoms with E-state index in [-0.39, 0.29) is 30.7 Å². The second-order valence-corrected chi connectivity index (χ2v) is 4.88. The molecule has 0 saturated carbocycles. The topological polar surface area (TPSA) is 81.7 Å². The van der Waals surface area contributed by atoms with Crippen LogP contribution >= 0.6 is 0 Å². The Balaban J connectivity index is 3.72. The molecule has 6 heteroatoms. The van der Waals surface area contributed by atoms with E-state index >= 15 is 0 Å². The van der Waals surface area contributed by atoms with Crippen molar-refractivity contribution >= 4 is 17.8 Å². The summed E-state index contributed by atoms with van der Waals surface area (Å²) in [6, 6.07) is 0. The highest BCUT2D eigenvalue weighted by Crippen LogP contribution is 2.01. The van der Waals surface area contributed by atoms with Crippen molar-refractivity contribution < 1.29 is 24.2 Å². The fourth-order valence-corrected chi connectivity index (χ4v) is 1.10. The van der Waals surface area contributed by atoms with Crippen molar-refractivity contribution in [3.05, 3.63) is 0 Å². The molecule has 1 N–H and O–H groups in total. The molecule has 0 rings (SSSR count). The van der Waals surface area contributed by atoms with Crippen molar-refractivity contribution in [2.45, 2.75) is 40.5 Å². The second-order valence-electron chi connectivity index (χ2n) is 4.88. The van der Waals surface area contributed by atoms with Gasteiger partial charge in [-0.2, -0.15) is 0 Å². The number of hydrogen-bond donors (Lipinski definition) is 1. The highest BCUT2D eigenvalue weighted by molar-refractivity contribution is 5.82. The van der Waals surface area contributed by atoms with Crippen LogP contribution in [0, 0.1) is 11.8 Å². The first-order valence-corrected chi connectivity index (χ1v) is 5.98. The van der Waals surface area contributed by atoms with Crippen LogP contribution in [0.4, 0.5) is 0 Å². The summed E-state index contributed by atoms with van der Waals surface area (Å²) in [7, 11) is 0. The van der Waals surface area contributed by atoms with Gasteiger partial charge in [-0.25, -0.2) is 19.4 Å². The van der Waals surface area contributed by atoms with Crippen molar-refractivity contribution in [2.75, 3.05) is 6.54 Å². The van der Waals surface area contributed by atoms with Crippen molar-refractivity contribution in [3.63, 3.8) is 0 Å². The Morgan fingerprint density at radius 1 is 0.889 bits per heavy atom. The first-order valence-electron chi connectivity index (χ1n) is 5.98. The fraction of sp³-hybridized carbons (Fsp3) is 0.750. The summed E-state index contributed by atoms with van der Waals surface area (Å²) >= 11 is 0. The summed E-state index contributed by atoms with van der Waals surface area (Å²) in [5.41, 5.74) is 0. The molecule has 0 heterocycles. The van der Waals surface area contributed by atoms with Gasteiger partial charge in [-0.3, -0.25) is 4.79 Å². The van der Waals surface area contributed by atoms with E-state index < -0.39 is 11.9 Å². The molecule has 0 radical (unpaired) electrons. The summed E-state index contributed by atoms with van der Waals surface area (Å²) in [6.07, 6.45) is 0.507. The summed E-state index contributed by atoms with van der Waals surface area (Å²) in [5, 5.41) is 2.37. The molecule has 0 spiro atoms. The number of rotatable bonds is 6. The molecule has 18 heavy (non-hydrogen) atoms. The van der Waals surface area contributed by atoms with Gasteiger partial charge < -0.3 is 5.32 Å². The first-order chi connectivity index (χ1) is 8.31. The van der Waals surface area contributed by atoms with Crippen LogP contribution in [0.25, 0.3) is 0 Å². The summed E-state index contributed by atoms with van der Waals surface area (Å²) in [5.74, 6) is -1.31. The predicted molar refractivity (Wildman–Crippen MR) is 64.1 cm³/mol. The number of carbonyl (C=O) groups is 3. The minimum absolute atomic E-state index is 0.127. The van der Waals surface area contributed by atoms with Crippen molar-refractivity contribution in [2.24, 2.45) is 11.8 Å². The molecule has 0 aliphatic heterocycles. The maximum atomic E-state index is 11.2. The van der Waals surface area contributed by atoms with E-state index in [2.05, 4.69) is 15.1 Å². The van der Waals surface area contributed by atoms with Gasteiger partial charge in [0.15, 0.2) is 0 Å². The molecule has 0 aliphatic carbocycles. The van der Waals surface area contributed by atoms with Crippen molar-refractivity contribution in [1.29, 1.82) is 0 Å². The highest BCUT2D eigenvalue weighted by atomic mass is 17.2. The average Bonchev–Trinajstić information content (AvgIpc) is 2.21. The van der Waals surface area contributed by atoms with Crippen LogP contribution in [0.5, 0.6) is 0 Å². The van der Waals surface area contributed by atoms with Crippen molar-refractivity contribution in [3.8, 4) is 0 Å². The molecular weight excluding hydrogens is 238 g/mol. The number of carbonyl (C=O) groups excluding carboxylic acids is 3. The van der Waals surface area contributed by atoms with Gasteiger partial charge in [-0.15, -0.1) is 0 Å². The first kappa shape index (κ1) is 16.4. The maximum absolute atomic E-state index is 11.2. The number of nitrogens with one attached hydrogen (secondary N) is 1. The van der Waals surface area contributed by atoms with Gasteiger partial charge in [-0.1, -0.05) is 27.7 Å². The molecule has 0 saturated heterocycles. The van der Waals surface area contributed by atoms with Crippen LogP contribution in [0.15, 0.2) is 0 Å². The lowest BCUT2D eigenvalue weighted by molar-refractivity contribution is -0.258. The van der Waals surface area contributed by atoms with E-state index in [1.807, 2.05) is 27.7 Å². The van der Waals surface area contributed by atoms with Gasteiger partial charge >= 0.3 is 11.9 Å². The van der Waals surface area contributed by atoms with Crippen molar-refractivity contribution in [1.82, 2.24) is 5.32 Å². The molecule has 0 aromatic carbocycles. The fourth-order valence-electron chi connectivity index (χ4n) is 1.10. The molecule has 0 bridgehead atoms. The lowest BCUT2D eigenvalue weighted by Crippen LogP contribution is -2.31. The van der Waals surface area contributed by atoms with E-state index in [0.717, 1.165) is 0 Å². The van der Waals surface area contributed by atoms with Gasteiger partial charge in [0.05, 0.1) is 6.42 Å². The maximum Gasteiger partial charge on any atom is 0.374 e. The quantitative estimate of drug-likeness (QED) is 0.572. The number of amides is 1. The zero-order valence-electron chi connectivity index (χ0n) is 11.3. The Morgan fingerprint density at radius 3 is 1.89 bits per heavy atom. The van der Waals surface area contributed by atoms with E-state index in [1.54, 1.807) is 0 Å². The second kappa shape index (κ2) is 8.49. The molecule has 104 valence electrons. The molecule has 0 fully saturated rings. The van der Waals surface area contributed by atoms with Gasteiger partial charge in [0.2, 0.25) is 5.91 Å². The Hall–Kier alpha value is -1.59. The zero-order valence-corrected chi connectivity index (χ0v) is 11.3. The van der Waals surface area contributed by atoms with Gasteiger partial charge in [0.1, 0.15) is 6.54 Å². The van der Waals surface area contributed by atoms with Gasteiger partial charge in [0, 0.05) is 6.42 Å². The Kier molecular flexibility index (Phi) is 7.74. The SMILES string of the molecule is CC(C)CC(=O)NCC(=O)OOC(=O)CC(C)C. The van der Waals surface area contributed by atoms with Crippen LogP contribution in [0.1, 0.15) is 40.5 Å². The largest absolute Gasteiger partial charge is 0.374 e. The molecule has 0 aliphatic rings. The molecule has 0 unspecified atom stereocenters. The van der Waals surface area contributed by atoms with E-state index in [1.165, 1.54) is 0 Å². The lowest BCUT2D eigenvalue weighted by atomic mass is 10.1. The van der Waals surface area contributed by atoms with Gasteiger partial charge in [-0.05, 0) is 11.8 Å². The summed E-state index contributed by atoms with van der Waals surface area (Å²) in [4.78, 5) is 41.9. The third-order valence-corrected chi connectivity index (χ3v) is 1.83. The minimum Gasteiger partial charge on any atom is -0.345 e. The zero-order chi connectivity index (χ0) is 14.1.